The first-order chi connectivity index (χ1) is 12.1. The number of nitrogens with one attached hydrogen (secondary N) is 1. The normalized spacial score (nSPS) is 10.5. The number of aryl methyl sites for hydroxylation is 1. The van der Waals surface area contributed by atoms with Gasteiger partial charge >= 0.3 is 0 Å². The van der Waals surface area contributed by atoms with Crippen molar-refractivity contribution in [3.05, 3.63) is 58.3 Å². The van der Waals surface area contributed by atoms with Gasteiger partial charge in [0.25, 0.3) is 5.56 Å². The number of ether oxygens (including phenoxy) is 1. The molecule has 0 bridgehead atoms. The summed E-state index contributed by atoms with van der Waals surface area (Å²) in [7, 11) is 1.63. The van der Waals surface area contributed by atoms with Crippen LogP contribution in [-0.4, -0.2) is 29.1 Å². The molecule has 1 N–H and O–H groups in total. The van der Waals surface area contributed by atoms with Crippen LogP contribution in [0, 0.1) is 0 Å². The molecule has 0 saturated heterocycles. The van der Waals surface area contributed by atoms with Crippen LogP contribution >= 0.6 is 0 Å². The maximum absolute atomic E-state index is 12.0. The molecule has 1 aromatic carbocycles. The lowest BCUT2D eigenvalue weighted by atomic mass is 10.1. The molecule has 25 heavy (non-hydrogen) atoms. The van der Waals surface area contributed by atoms with Gasteiger partial charge < -0.3 is 10.1 Å². The molecule has 2 aromatic rings. The lowest BCUT2D eigenvalue weighted by Crippen LogP contribution is -2.33. The van der Waals surface area contributed by atoms with Crippen LogP contribution in [0.1, 0.15) is 31.0 Å². The number of hydrogen-bond acceptors (Lipinski definition) is 4. The van der Waals surface area contributed by atoms with Crippen LogP contribution in [0.4, 0.5) is 0 Å². The molecule has 1 heterocycles. The van der Waals surface area contributed by atoms with E-state index in [0.29, 0.717) is 6.54 Å². The molecule has 134 valence electrons. The fraction of sp³-hybridized carbons (Fsp3) is 0.421. The summed E-state index contributed by atoms with van der Waals surface area (Å²) >= 11 is 0. The quantitative estimate of drug-likeness (QED) is 0.755. The Hall–Kier alpha value is -2.63. The van der Waals surface area contributed by atoms with Crippen molar-refractivity contribution in [2.24, 2.45) is 0 Å². The fourth-order valence-electron chi connectivity index (χ4n) is 2.43. The fourth-order valence-corrected chi connectivity index (χ4v) is 2.43. The van der Waals surface area contributed by atoms with Crippen LogP contribution in [0.25, 0.3) is 0 Å². The Bertz CT molecular complexity index is 738. The number of rotatable bonds is 9. The third-order valence-electron chi connectivity index (χ3n) is 3.93. The Labute approximate surface area is 147 Å². The van der Waals surface area contributed by atoms with Gasteiger partial charge in [-0.25, -0.2) is 4.98 Å². The van der Waals surface area contributed by atoms with E-state index in [1.807, 2.05) is 24.3 Å². The summed E-state index contributed by atoms with van der Waals surface area (Å²) in [6.07, 6.45) is 5.03. The third-order valence-corrected chi connectivity index (χ3v) is 3.93. The van der Waals surface area contributed by atoms with E-state index in [1.165, 1.54) is 17.0 Å². The Morgan fingerprint density at radius 1 is 1.24 bits per heavy atom. The number of aromatic nitrogens is 2. The standard InChI is InChI=1S/C19H25N3O3/c1-3-4-5-16-12-19(24)22(14-21-16)13-18(23)20-11-10-15-6-8-17(25-2)9-7-15/h6-9,12,14H,3-5,10-11,13H2,1-2H3,(H,20,23). The highest BCUT2D eigenvalue weighted by Crippen LogP contribution is 2.11. The van der Waals surface area contributed by atoms with Gasteiger partial charge in [0.15, 0.2) is 0 Å². The Morgan fingerprint density at radius 2 is 2.00 bits per heavy atom. The maximum atomic E-state index is 12.0. The van der Waals surface area contributed by atoms with Gasteiger partial charge in [0.2, 0.25) is 5.91 Å². The van der Waals surface area contributed by atoms with Crippen LogP contribution in [0.15, 0.2) is 41.5 Å². The minimum absolute atomic E-state index is 0.0114. The number of methoxy groups -OCH3 is 1. The zero-order chi connectivity index (χ0) is 18.1. The maximum Gasteiger partial charge on any atom is 0.253 e. The molecular formula is C19H25N3O3. The predicted octanol–water partition coefficient (Wildman–Crippen LogP) is 1.95. The van der Waals surface area contributed by atoms with Gasteiger partial charge in [0.1, 0.15) is 12.3 Å². The van der Waals surface area contributed by atoms with Crippen LogP contribution in [0.3, 0.4) is 0 Å². The Kier molecular flexibility index (Phi) is 7.19. The molecule has 0 aliphatic rings. The van der Waals surface area contributed by atoms with E-state index in [4.69, 9.17) is 4.74 Å². The Morgan fingerprint density at radius 3 is 2.64 bits per heavy atom. The third kappa shape index (κ3) is 6.06. The summed E-state index contributed by atoms with van der Waals surface area (Å²) in [5.74, 6) is 0.612. The number of carbonyl (C=O) groups is 1. The van der Waals surface area contributed by atoms with Gasteiger partial charge in [-0.05, 0) is 37.0 Å². The molecule has 0 radical (unpaired) electrons. The van der Waals surface area contributed by atoms with E-state index in [0.717, 1.165) is 42.7 Å². The summed E-state index contributed by atoms with van der Waals surface area (Å²) in [6, 6.07) is 9.23. The van der Waals surface area contributed by atoms with Gasteiger partial charge in [0.05, 0.1) is 13.4 Å². The zero-order valence-corrected chi connectivity index (χ0v) is 14.8. The molecule has 2 rings (SSSR count). The summed E-state index contributed by atoms with van der Waals surface area (Å²) in [5, 5.41) is 2.83. The number of carbonyl (C=O) groups excluding carboxylic acids is 1. The first-order valence-electron chi connectivity index (χ1n) is 8.57. The monoisotopic (exact) mass is 343 g/mol. The van der Waals surface area contributed by atoms with Crippen LogP contribution in [0.5, 0.6) is 5.75 Å². The SMILES string of the molecule is CCCCc1cc(=O)n(CC(=O)NCCc2ccc(OC)cc2)cn1. The molecule has 1 aromatic heterocycles. The van der Waals surface area contributed by atoms with Crippen molar-refractivity contribution < 1.29 is 9.53 Å². The average molecular weight is 343 g/mol. The summed E-state index contributed by atoms with van der Waals surface area (Å²) < 4.78 is 6.44. The van der Waals surface area contributed by atoms with E-state index in [9.17, 15) is 9.59 Å². The molecule has 1 amide bonds. The van der Waals surface area contributed by atoms with E-state index in [1.54, 1.807) is 7.11 Å². The molecule has 0 spiro atoms. The number of amides is 1. The molecule has 0 saturated carbocycles. The predicted molar refractivity (Wildman–Crippen MR) is 96.8 cm³/mol. The molecular weight excluding hydrogens is 318 g/mol. The zero-order valence-electron chi connectivity index (χ0n) is 14.8. The van der Waals surface area contributed by atoms with Crippen molar-refractivity contribution in [1.29, 1.82) is 0 Å². The smallest absolute Gasteiger partial charge is 0.253 e. The number of unbranched alkanes of at least 4 members (excludes halogenated alkanes) is 1. The van der Waals surface area contributed by atoms with Crippen LogP contribution < -0.4 is 15.6 Å². The van der Waals surface area contributed by atoms with Crippen molar-refractivity contribution in [2.75, 3.05) is 13.7 Å². The number of nitrogens with zero attached hydrogens (tertiary/aromatic N) is 2. The first-order valence-corrected chi connectivity index (χ1v) is 8.57. The first kappa shape index (κ1) is 18.7. The van der Waals surface area contributed by atoms with Gasteiger partial charge in [-0.1, -0.05) is 25.5 Å². The molecule has 0 aliphatic heterocycles. The minimum atomic E-state index is -0.196. The van der Waals surface area contributed by atoms with E-state index in [2.05, 4.69) is 17.2 Å². The molecule has 0 aliphatic carbocycles. The van der Waals surface area contributed by atoms with Crippen molar-refractivity contribution in [3.8, 4) is 5.75 Å². The van der Waals surface area contributed by atoms with Gasteiger partial charge in [-0.2, -0.15) is 0 Å². The van der Waals surface area contributed by atoms with Crippen LogP contribution in [0.2, 0.25) is 0 Å². The largest absolute Gasteiger partial charge is 0.497 e. The van der Waals surface area contributed by atoms with Crippen molar-refractivity contribution >= 4 is 5.91 Å². The van der Waals surface area contributed by atoms with E-state index < -0.39 is 0 Å². The molecule has 0 fully saturated rings. The molecule has 6 nitrogen and oxygen atoms in total. The minimum Gasteiger partial charge on any atom is -0.497 e. The second-order valence-corrected chi connectivity index (χ2v) is 5.90. The lowest BCUT2D eigenvalue weighted by Gasteiger charge is -2.08. The second-order valence-electron chi connectivity index (χ2n) is 5.90. The van der Waals surface area contributed by atoms with Crippen LogP contribution in [-0.2, 0) is 24.2 Å². The van der Waals surface area contributed by atoms with E-state index >= 15 is 0 Å². The van der Waals surface area contributed by atoms with Crippen molar-refractivity contribution in [1.82, 2.24) is 14.9 Å². The molecule has 6 heteroatoms. The van der Waals surface area contributed by atoms with Gasteiger partial charge in [-0.15, -0.1) is 0 Å². The highest BCUT2D eigenvalue weighted by Gasteiger charge is 2.06. The van der Waals surface area contributed by atoms with Gasteiger partial charge in [0, 0.05) is 18.3 Å². The summed E-state index contributed by atoms with van der Waals surface area (Å²) in [6.45, 7) is 2.60. The average Bonchev–Trinajstić information content (AvgIpc) is 2.62. The van der Waals surface area contributed by atoms with Crippen molar-refractivity contribution in [2.45, 2.75) is 39.2 Å². The number of benzene rings is 1. The van der Waals surface area contributed by atoms with Crippen molar-refractivity contribution in [3.63, 3.8) is 0 Å². The van der Waals surface area contributed by atoms with Gasteiger partial charge in [-0.3, -0.25) is 14.2 Å². The second kappa shape index (κ2) is 9.61. The highest BCUT2D eigenvalue weighted by molar-refractivity contribution is 5.75. The Balaban J connectivity index is 1.80. The van der Waals surface area contributed by atoms with E-state index in [-0.39, 0.29) is 18.0 Å². The number of hydrogen-bond donors (Lipinski definition) is 1. The molecule has 0 atom stereocenters. The topological polar surface area (TPSA) is 73.2 Å². The lowest BCUT2D eigenvalue weighted by molar-refractivity contribution is -0.121. The molecule has 0 unspecified atom stereocenters. The highest BCUT2D eigenvalue weighted by atomic mass is 16.5. The summed E-state index contributed by atoms with van der Waals surface area (Å²) in [5.41, 5.74) is 1.70. The summed E-state index contributed by atoms with van der Waals surface area (Å²) in [4.78, 5) is 28.3.